The molecule has 0 aromatic heterocycles. The van der Waals surface area contributed by atoms with E-state index < -0.39 is 0 Å². The van der Waals surface area contributed by atoms with Crippen molar-refractivity contribution < 1.29 is 15.0 Å². The third kappa shape index (κ3) is 3.77. The third-order valence-corrected chi connectivity index (χ3v) is 5.66. The summed E-state index contributed by atoms with van der Waals surface area (Å²) in [6.45, 7) is 1.70. The molecular formula is C22H19N3O3S. The Balaban J connectivity index is 1.55. The maximum absolute atomic E-state index is 13.1. The van der Waals surface area contributed by atoms with Gasteiger partial charge in [-0.1, -0.05) is 36.0 Å². The van der Waals surface area contributed by atoms with Gasteiger partial charge in [0.1, 0.15) is 18.0 Å². The number of carbonyl (C=O) groups excluding carboxylic acids is 1. The summed E-state index contributed by atoms with van der Waals surface area (Å²) in [5.74, 6) is -0.241. The number of amides is 1. The van der Waals surface area contributed by atoms with E-state index >= 15 is 0 Å². The van der Waals surface area contributed by atoms with Crippen molar-refractivity contribution in [3.05, 3.63) is 72.3 Å². The maximum atomic E-state index is 13.1. The second kappa shape index (κ2) is 7.89. The van der Waals surface area contributed by atoms with Crippen LogP contribution in [-0.4, -0.2) is 28.4 Å². The molecule has 1 heterocycles. The van der Waals surface area contributed by atoms with Gasteiger partial charge in [0.2, 0.25) is 0 Å². The summed E-state index contributed by atoms with van der Waals surface area (Å²) in [5.41, 5.74) is 5.48. The van der Waals surface area contributed by atoms with Crippen LogP contribution in [0.4, 0.5) is 11.4 Å². The van der Waals surface area contributed by atoms with Gasteiger partial charge in [-0.15, -0.1) is 0 Å². The molecule has 4 rings (SSSR count). The molecular weight excluding hydrogens is 386 g/mol. The summed E-state index contributed by atoms with van der Waals surface area (Å²) in [6.07, 6.45) is 0. The molecule has 0 aliphatic carbocycles. The van der Waals surface area contributed by atoms with Crippen molar-refractivity contribution in [3.63, 3.8) is 0 Å². The SMILES string of the molecule is C/C(=N\NCC(=O)N1c2ccccc2Sc2ccccc21)c1ccc(O)cc1O. The minimum absolute atomic E-state index is 0.0104. The highest BCUT2D eigenvalue weighted by atomic mass is 32.2. The van der Waals surface area contributed by atoms with E-state index in [-0.39, 0.29) is 24.0 Å². The summed E-state index contributed by atoms with van der Waals surface area (Å²) in [4.78, 5) is 16.8. The van der Waals surface area contributed by atoms with E-state index in [1.807, 2.05) is 48.5 Å². The molecule has 1 aliphatic rings. The van der Waals surface area contributed by atoms with Crippen LogP contribution in [-0.2, 0) is 4.79 Å². The second-order valence-electron chi connectivity index (χ2n) is 6.50. The van der Waals surface area contributed by atoms with Gasteiger partial charge in [-0.3, -0.25) is 9.69 Å². The summed E-state index contributed by atoms with van der Waals surface area (Å²) in [5, 5.41) is 23.6. The van der Waals surface area contributed by atoms with Crippen LogP contribution >= 0.6 is 11.8 Å². The fourth-order valence-electron chi connectivity index (χ4n) is 3.16. The van der Waals surface area contributed by atoms with Crippen molar-refractivity contribution in [2.75, 3.05) is 11.4 Å². The Morgan fingerprint density at radius 1 is 1.00 bits per heavy atom. The van der Waals surface area contributed by atoms with Gasteiger partial charge in [0.25, 0.3) is 5.91 Å². The van der Waals surface area contributed by atoms with Crippen molar-refractivity contribution in [1.82, 2.24) is 5.43 Å². The van der Waals surface area contributed by atoms with Crippen LogP contribution < -0.4 is 10.3 Å². The number of rotatable bonds is 4. The number of hydrogen-bond acceptors (Lipinski definition) is 6. The Morgan fingerprint density at radius 2 is 1.62 bits per heavy atom. The van der Waals surface area contributed by atoms with E-state index in [0.29, 0.717) is 11.3 Å². The van der Waals surface area contributed by atoms with Gasteiger partial charge in [0.15, 0.2) is 0 Å². The molecule has 0 unspecified atom stereocenters. The number of fused-ring (bicyclic) bond motifs is 2. The van der Waals surface area contributed by atoms with E-state index in [0.717, 1.165) is 21.2 Å². The first-order valence-electron chi connectivity index (χ1n) is 9.03. The number of carbonyl (C=O) groups is 1. The Hall–Kier alpha value is -3.45. The third-order valence-electron chi connectivity index (χ3n) is 4.53. The quantitative estimate of drug-likeness (QED) is 0.447. The molecule has 0 atom stereocenters. The Kier molecular flexibility index (Phi) is 5.14. The normalized spacial score (nSPS) is 12.9. The van der Waals surface area contributed by atoms with Gasteiger partial charge in [0.05, 0.1) is 17.1 Å². The highest BCUT2D eigenvalue weighted by Gasteiger charge is 2.27. The first-order chi connectivity index (χ1) is 14.0. The molecule has 3 aromatic rings. The lowest BCUT2D eigenvalue weighted by atomic mass is 10.1. The fourth-order valence-corrected chi connectivity index (χ4v) is 4.22. The molecule has 0 spiro atoms. The number of hydrogen-bond donors (Lipinski definition) is 3. The number of nitrogens with zero attached hydrogens (tertiary/aromatic N) is 2. The van der Waals surface area contributed by atoms with E-state index in [9.17, 15) is 15.0 Å². The van der Waals surface area contributed by atoms with Crippen molar-refractivity contribution in [2.45, 2.75) is 16.7 Å². The van der Waals surface area contributed by atoms with Crippen molar-refractivity contribution >= 4 is 34.8 Å². The highest BCUT2D eigenvalue weighted by molar-refractivity contribution is 7.99. The van der Waals surface area contributed by atoms with Crippen molar-refractivity contribution in [1.29, 1.82) is 0 Å². The molecule has 0 bridgehead atoms. The number of phenolic OH excluding ortho intramolecular Hbond substituents is 2. The largest absolute Gasteiger partial charge is 0.508 e. The molecule has 0 fully saturated rings. The molecule has 0 saturated carbocycles. The molecule has 1 amide bonds. The van der Waals surface area contributed by atoms with Crippen LogP contribution in [0.2, 0.25) is 0 Å². The number of benzene rings is 3. The molecule has 1 aliphatic heterocycles. The average molecular weight is 405 g/mol. The highest BCUT2D eigenvalue weighted by Crippen LogP contribution is 2.47. The Morgan fingerprint density at radius 3 is 2.24 bits per heavy atom. The Bertz CT molecular complexity index is 1070. The fraction of sp³-hybridized carbons (Fsp3) is 0.0909. The zero-order valence-corrected chi connectivity index (χ0v) is 16.5. The smallest absolute Gasteiger partial charge is 0.252 e. The van der Waals surface area contributed by atoms with Crippen LogP contribution in [0.3, 0.4) is 0 Å². The van der Waals surface area contributed by atoms with Crippen LogP contribution in [0.15, 0.2) is 81.6 Å². The molecule has 7 heteroatoms. The lowest BCUT2D eigenvalue weighted by Crippen LogP contribution is -2.35. The van der Waals surface area contributed by atoms with Crippen LogP contribution in [0, 0.1) is 0 Å². The van der Waals surface area contributed by atoms with Gasteiger partial charge in [-0.05, 0) is 43.3 Å². The van der Waals surface area contributed by atoms with Crippen LogP contribution in [0.1, 0.15) is 12.5 Å². The average Bonchev–Trinajstić information content (AvgIpc) is 2.71. The molecule has 0 radical (unpaired) electrons. The number of para-hydroxylation sites is 2. The maximum Gasteiger partial charge on any atom is 0.252 e. The number of anilines is 2. The van der Waals surface area contributed by atoms with Crippen LogP contribution in [0.5, 0.6) is 11.5 Å². The summed E-state index contributed by atoms with van der Waals surface area (Å²) in [6, 6.07) is 19.9. The standard InChI is InChI=1S/C22H19N3O3S/c1-14(16-11-10-15(26)12-19(16)27)24-23-13-22(28)25-17-6-2-4-8-20(17)29-21-9-5-3-7-18(21)25/h2-12,23,26-27H,13H2,1H3/b24-14+. The first kappa shape index (κ1) is 18.9. The lowest BCUT2D eigenvalue weighted by molar-refractivity contribution is -0.117. The summed E-state index contributed by atoms with van der Waals surface area (Å²) < 4.78 is 0. The van der Waals surface area contributed by atoms with Gasteiger partial charge >= 0.3 is 0 Å². The lowest BCUT2D eigenvalue weighted by Gasteiger charge is -2.30. The number of phenols is 2. The minimum atomic E-state index is -0.142. The zero-order valence-electron chi connectivity index (χ0n) is 15.7. The second-order valence-corrected chi connectivity index (χ2v) is 7.58. The molecule has 146 valence electrons. The topological polar surface area (TPSA) is 85.2 Å². The zero-order chi connectivity index (χ0) is 20.4. The first-order valence-corrected chi connectivity index (χ1v) is 9.84. The molecule has 3 aromatic carbocycles. The molecule has 6 nitrogen and oxygen atoms in total. The number of aromatic hydroxyl groups is 2. The molecule has 0 saturated heterocycles. The van der Waals surface area contributed by atoms with Crippen LogP contribution in [0.25, 0.3) is 0 Å². The van der Waals surface area contributed by atoms with E-state index in [2.05, 4.69) is 10.5 Å². The molecule has 3 N–H and O–H groups in total. The van der Waals surface area contributed by atoms with Gasteiger partial charge in [-0.25, -0.2) is 0 Å². The van der Waals surface area contributed by atoms with E-state index in [4.69, 9.17) is 0 Å². The van der Waals surface area contributed by atoms with Crippen molar-refractivity contribution in [3.8, 4) is 11.5 Å². The summed E-state index contributed by atoms with van der Waals surface area (Å²) >= 11 is 1.64. The van der Waals surface area contributed by atoms with Gasteiger partial charge < -0.3 is 15.6 Å². The minimum Gasteiger partial charge on any atom is -0.508 e. The monoisotopic (exact) mass is 405 g/mol. The number of hydrazone groups is 1. The van der Waals surface area contributed by atoms with Gasteiger partial charge in [-0.2, -0.15) is 5.10 Å². The number of nitrogens with one attached hydrogen (secondary N) is 1. The predicted molar refractivity (Wildman–Crippen MR) is 114 cm³/mol. The van der Waals surface area contributed by atoms with E-state index in [1.54, 1.807) is 29.7 Å². The molecule has 29 heavy (non-hydrogen) atoms. The van der Waals surface area contributed by atoms with Gasteiger partial charge in [0, 0.05) is 21.4 Å². The Labute approximate surface area is 172 Å². The van der Waals surface area contributed by atoms with Crippen molar-refractivity contribution in [2.24, 2.45) is 5.10 Å². The predicted octanol–water partition coefficient (Wildman–Crippen LogP) is 4.24. The summed E-state index contributed by atoms with van der Waals surface area (Å²) in [7, 11) is 0. The van der Waals surface area contributed by atoms with E-state index in [1.165, 1.54) is 12.1 Å².